The zero-order valence-electron chi connectivity index (χ0n) is 12.3. The molecule has 2 heterocycles. The van der Waals surface area contributed by atoms with Crippen LogP contribution in [0.4, 0.5) is 4.79 Å². The normalized spacial score (nSPS) is 22.1. The third-order valence-corrected chi connectivity index (χ3v) is 4.59. The van der Waals surface area contributed by atoms with E-state index in [-0.39, 0.29) is 11.9 Å². The summed E-state index contributed by atoms with van der Waals surface area (Å²) in [6.07, 6.45) is 2.36. The van der Waals surface area contributed by atoms with Crippen LogP contribution in [-0.2, 0) is 11.2 Å². The number of hydrogen-bond donors (Lipinski definition) is 2. The second-order valence-electron chi connectivity index (χ2n) is 5.44. The van der Waals surface area contributed by atoms with Crippen molar-refractivity contribution in [1.29, 1.82) is 0 Å². The zero-order valence-corrected chi connectivity index (χ0v) is 13.2. The first-order valence-electron chi connectivity index (χ1n) is 7.17. The van der Waals surface area contributed by atoms with E-state index in [4.69, 9.17) is 0 Å². The van der Waals surface area contributed by atoms with Gasteiger partial charge in [-0.1, -0.05) is 6.92 Å². The molecule has 7 heteroatoms. The van der Waals surface area contributed by atoms with Crippen LogP contribution in [0.5, 0.6) is 0 Å². The molecular formula is C14H21N3O3S. The van der Waals surface area contributed by atoms with Crippen molar-refractivity contribution in [3.63, 3.8) is 0 Å². The number of carbonyl (C=O) groups excluding carboxylic acids is 1. The van der Waals surface area contributed by atoms with Gasteiger partial charge in [0.05, 0.1) is 10.7 Å². The van der Waals surface area contributed by atoms with Gasteiger partial charge in [-0.15, -0.1) is 11.3 Å². The lowest BCUT2D eigenvalue weighted by Crippen LogP contribution is -2.55. The van der Waals surface area contributed by atoms with E-state index in [2.05, 4.69) is 10.3 Å². The number of aliphatic carboxylic acids is 1. The molecule has 0 spiro atoms. The van der Waals surface area contributed by atoms with Gasteiger partial charge in [0.1, 0.15) is 6.04 Å². The van der Waals surface area contributed by atoms with E-state index in [0.717, 1.165) is 23.5 Å². The Hall–Kier alpha value is -1.63. The van der Waals surface area contributed by atoms with Gasteiger partial charge in [-0.3, -0.25) is 0 Å². The highest BCUT2D eigenvalue weighted by Gasteiger charge is 2.36. The van der Waals surface area contributed by atoms with Crippen LogP contribution in [0.3, 0.4) is 0 Å². The second kappa shape index (κ2) is 6.89. The third kappa shape index (κ3) is 3.93. The first-order chi connectivity index (χ1) is 9.99. The van der Waals surface area contributed by atoms with Crippen molar-refractivity contribution in [3.05, 3.63) is 16.1 Å². The Bertz CT molecular complexity index is 517. The molecule has 6 nitrogen and oxygen atoms in total. The predicted octanol–water partition coefficient (Wildman–Crippen LogP) is 1.89. The number of nitrogens with one attached hydrogen (secondary N) is 1. The van der Waals surface area contributed by atoms with Gasteiger partial charge in [-0.25, -0.2) is 14.6 Å². The van der Waals surface area contributed by atoms with E-state index in [9.17, 15) is 14.7 Å². The summed E-state index contributed by atoms with van der Waals surface area (Å²) in [4.78, 5) is 29.3. The molecular weight excluding hydrogens is 290 g/mol. The lowest BCUT2D eigenvalue weighted by Gasteiger charge is -2.37. The highest BCUT2D eigenvalue weighted by molar-refractivity contribution is 7.09. The number of carboxylic acid groups (broad SMARTS) is 1. The van der Waals surface area contributed by atoms with E-state index in [1.165, 1.54) is 4.90 Å². The summed E-state index contributed by atoms with van der Waals surface area (Å²) in [5.74, 6) is -0.935. The Morgan fingerprint density at radius 1 is 1.57 bits per heavy atom. The second-order valence-corrected chi connectivity index (χ2v) is 6.50. The molecule has 1 aliphatic rings. The number of amides is 2. The molecule has 0 bridgehead atoms. The molecule has 0 radical (unpaired) electrons. The van der Waals surface area contributed by atoms with Gasteiger partial charge in [0.2, 0.25) is 0 Å². The highest BCUT2D eigenvalue weighted by atomic mass is 32.1. The number of urea groups is 1. The number of piperidine rings is 1. The van der Waals surface area contributed by atoms with Gasteiger partial charge in [0, 0.05) is 24.9 Å². The largest absolute Gasteiger partial charge is 0.480 e. The number of carbonyl (C=O) groups is 2. The SMILES string of the molecule is Cc1nc(CCNC(=O)N2CCCC(C)C2C(=O)O)cs1. The number of carboxylic acids is 1. The molecule has 1 aromatic rings. The number of hydrogen-bond acceptors (Lipinski definition) is 4. The van der Waals surface area contributed by atoms with Crippen molar-refractivity contribution in [2.24, 2.45) is 5.92 Å². The van der Waals surface area contributed by atoms with E-state index in [1.807, 2.05) is 19.2 Å². The minimum absolute atomic E-state index is 0.0109. The smallest absolute Gasteiger partial charge is 0.326 e. The Kier molecular flexibility index (Phi) is 5.17. The fraction of sp³-hybridized carbons (Fsp3) is 0.643. The van der Waals surface area contributed by atoms with E-state index in [1.54, 1.807) is 11.3 Å². The molecule has 0 aliphatic carbocycles. The standard InChI is InChI=1S/C14H21N3O3S/c1-9-4-3-7-17(12(9)13(18)19)14(20)15-6-5-11-8-21-10(2)16-11/h8-9,12H,3-7H2,1-2H3,(H,15,20)(H,18,19). The number of rotatable bonds is 4. The minimum atomic E-state index is -0.924. The van der Waals surface area contributed by atoms with Crippen molar-refractivity contribution in [3.8, 4) is 0 Å². The number of aryl methyl sites for hydroxylation is 1. The molecule has 2 unspecified atom stereocenters. The summed E-state index contributed by atoms with van der Waals surface area (Å²) in [5, 5.41) is 15.1. The maximum atomic E-state index is 12.2. The monoisotopic (exact) mass is 311 g/mol. The molecule has 2 amide bonds. The van der Waals surface area contributed by atoms with Gasteiger partial charge in [-0.2, -0.15) is 0 Å². The number of likely N-dealkylation sites (tertiary alicyclic amines) is 1. The maximum Gasteiger partial charge on any atom is 0.326 e. The third-order valence-electron chi connectivity index (χ3n) is 3.77. The van der Waals surface area contributed by atoms with Crippen LogP contribution in [0.2, 0.25) is 0 Å². The quantitative estimate of drug-likeness (QED) is 0.889. The summed E-state index contributed by atoms with van der Waals surface area (Å²) < 4.78 is 0. The lowest BCUT2D eigenvalue weighted by molar-refractivity contribution is -0.145. The minimum Gasteiger partial charge on any atom is -0.480 e. The lowest BCUT2D eigenvalue weighted by atomic mass is 9.91. The van der Waals surface area contributed by atoms with E-state index in [0.29, 0.717) is 19.5 Å². The number of aromatic nitrogens is 1. The predicted molar refractivity (Wildman–Crippen MR) is 80.5 cm³/mol. The van der Waals surface area contributed by atoms with Crippen molar-refractivity contribution in [2.45, 2.75) is 39.2 Å². The fourth-order valence-corrected chi connectivity index (χ4v) is 3.36. The molecule has 2 rings (SSSR count). The van der Waals surface area contributed by atoms with Crippen LogP contribution in [0.25, 0.3) is 0 Å². The topological polar surface area (TPSA) is 82.5 Å². The average molecular weight is 311 g/mol. The molecule has 1 saturated heterocycles. The molecule has 1 fully saturated rings. The van der Waals surface area contributed by atoms with Gasteiger partial charge in [-0.05, 0) is 25.7 Å². The Morgan fingerprint density at radius 2 is 2.33 bits per heavy atom. The molecule has 2 N–H and O–H groups in total. The van der Waals surface area contributed by atoms with E-state index >= 15 is 0 Å². The van der Waals surface area contributed by atoms with Crippen LogP contribution in [0.15, 0.2) is 5.38 Å². The Morgan fingerprint density at radius 3 is 2.95 bits per heavy atom. The number of thiazole rings is 1. The average Bonchev–Trinajstić information content (AvgIpc) is 2.83. The van der Waals surface area contributed by atoms with Crippen LogP contribution in [0, 0.1) is 12.8 Å². The summed E-state index contributed by atoms with van der Waals surface area (Å²) in [7, 11) is 0. The first-order valence-corrected chi connectivity index (χ1v) is 8.05. The van der Waals surface area contributed by atoms with Crippen LogP contribution in [-0.4, -0.2) is 46.1 Å². The molecule has 116 valence electrons. The Labute approximate surface area is 128 Å². The molecule has 1 aromatic heterocycles. The zero-order chi connectivity index (χ0) is 15.4. The summed E-state index contributed by atoms with van der Waals surface area (Å²) in [6, 6.07) is -1.01. The summed E-state index contributed by atoms with van der Waals surface area (Å²) >= 11 is 1.58. The molecule has 1 aliphatic heterocycles. The van der Waals surface area contributed by atoms with Crippen molar-refractivity contribution in [1.82, 2.24) is 15.2 Å². The van der Waals surface area contributed by atoms with Gasteiger partial charge in [0.15, 0.2) is 0 Å². The van der Waals surface area contributed by atoms with Crippen LogP contribution >= 0.6 is 11.3 Å². The van der Waals surface area contributed by atoms with Gasteiger partial charge in [0.25, 0.3) is 0 Å². The van der Waals surface area contributed by atoms with Crippen molar-refractivity contribution in [2.75, 3.05) is 13.1 Å². The number of nitrogens with zero attached hydrogens (tertiary/aromatic N) is 2. The summed E-state index contributed by atoms with van der Waals surface area (Å²) in [5.41, 5.74) is 0.958. The highest BCUT2D eigenvalue weighted by Crippen LogP contribution is 2.23. The van der Waals surface area contributed by atoms with E-state index < -0.39 is 12.0 Å². The summed E-state index contributed by atoms with van der Waals surface area (Å²) in [6.45, 7) is 4.80. The first kappa shape index (κ1) is 15.8. The van der Waals surface area contributed by atoms with Gasteiger partial charge >= 0.3 is 12.0 Å². The van der Waals surface area contributed by atoms with Crippen molar-refractivity contribution < 1.29 is 14.7 Å². The van der Waals surface area contributed by atoms with Crippen molar-refractivity contribution >= 4 is 23.3 Å². The molecule has 21 heavy (non-hydrogen) atoms. The van der Waals surface area contributed by atoms with Gasteiger partial charge < -0.3 is 15.3 Å². The molecule has 0 aromatic carbocycles. The van der Waals surface area contributed by atoms with Crippen LogP contribution in [0.1, 0.15) is 30.5 Å². The van der Waals surface area contributed by atoms with Crippen LogP contribution < -0.4 is 5.32 Å². The Balaban J connectivity index is 1.87. The maximum absolute atomic E-state index is 12.2. The molecule has 2 atom stereocenters. The molecule has 0 saturated carbocycles. The fourth-order valence-electron chi connectivity index (χ4n) is 2.71.